The maximum absolute atomic E-state index is 9.72. The van der Waals surface area contributed by atoms with Gasteiger partial charge in [-0.2, -0.15) is 5.26 Å². The third kappa shape index (κ3) is 2.71. The van der Waals surface area contributed by atoms with E-state index in [0.29, 0.717) is 22.8 Å². The Kier molecular flexibility index (Phi) is 3.88. The summed E-state index contributed by atoms with van der Waals surface area (Å²) < 4.78 is 0. The molecule has 0 radical (unpaired) electrons. The van der Waals surface area contributed by atoms with Crippen LogP contribution in [0.4, 0.5) is 5.69 Å². The highest BCUT2D eigenvalue weighted by atomic mass is 35.5. The van der Waals surface area contributed by atoms with Crippen LogP contribution in [-0.4, -0.2) is 17.8 Å². The van der Waals surface area contributed by atoms with E-state index >= 15 is 0 Å². The molecule has 4 heteroatoms. The van der Waals surface area contributed by atoms with E-state index in [1.807, 2.05) is 0 Å². The average Bonchev–Trinajstić information content (AvgIpc) is 2.73. The van der Waals surface area contributed by atoms with Gasteiger partial charge < -0.3 is 10.4 Å². The number of nitrogens with zero attached hydrogens (tertiary/aromatic N) is 1. The Morgan fingerprint density at radius 3 is 2.94 bits per heavy atom. The van der Waals surface area contributed by atoms with Gasteiger partial charge in [0.05, 0.1) is 22.4 Å². The number of para-hydroxylation sites is 1. The van der Waals surface area contributed by atoms with Gasteiger partial charge >= 0.3 is 0 Å². The first kappa shape index (κ1) is 12.2. The molecule has 2 rings (SSSR count). The van der Waals surface area contributed by atoms with Gasteiger partial charge in [-0.15, -0.1) is 0 Å². The highest BCUT2D eigenvalue weighted by Crippen LogP contribution is 2.29. The lowest BCUT2D eigenvalue weighted by Crippen LogP contribution is -2.22. The molecule has 0 aliphatic heterocycles. The SMILES string of the molecule is N#Cc1cccc(Cl)c1NCC1CCCC1O. The van der Waals surface area contributed by atoms with Crippen molar-refractivity contribution in [3.8, 4) is 6.07 Å². The fourth-order valence-electron chi connectivity index (χ4n) is 2.29. The molecule has 1 saturated carbocycles. The van der Waals surface area contributed by atoms with E-state index in [9.17, 15) is 5.11 Å². The molecule has 1 aliphatic rings. The highest BCUT2D eigenvalue weighted by Gasteiger charge is 2.25. The number of hydrogen-bond acceptors (Lipinski definition) is 3. The molecule has 0 spiro atoms. The van der Waals surface area contributed by atoms with Crippen molar-refractivity contribution in [2.75, 3.05) is 11.9 Å². The summed E-state index contributed by atoms with van der Waals surface area (Å²) >= 11 is 6.05. The lowest BCUT2D eigenvalue weighted by molar-refractivity contribution is 0.138. The first-order chi connectivity index (χ1) is 8.22. The van der Waals surface area contributed by atoms with E-state index in [0.717, 1.165) is 19.3 Å². The van der Waals surface area contributed by atoms with Gasteiger partial charge in [0.2, 0.25) is 0 Å². The predicted molar refractivity (Wildman–Crippen MR) is 68.0 cm³/mol. The lowest BCUT2D eigenvalue weighted by atomic mass is 10.1. The van der Waals surface area contributed by atoms with E-state index in [2.05, 4.69) is 11.4 Å². The summed E-state index contributed by atoms with van der Waals surface area (Å²) in [4.78, 5) is 0. The summed E-state index contributed by atoms with van der Waals surface area (Å²) in [6.07, 6.45) is 2.75. The molecule has 2 N–H and O–H groups in total. The Hall–Kier alpha value is -1.24. The molecule has 2 atom stereocenters. The van der Waals surface area contributed by atoms with Crippen molar-refractivity contribution in [1.29, 1.82) is 5.26 Å². The Bertz CT molecular complexity index is 442. The fraction of sp³-hybridized carbons (Fsp3) is 0.462. The summed E-state index contributed by atoms with van der Waals surface area (Å²) in [6, 6.07) is 7.37. The quantitative estimate of drug-likeness (QED) is 0.867. The van der Waals surface area contributed by atoms with Crippen LogP contribution < -0.4 is 5.32 Å². The topological polar surface area (TPSA) is 56.0 Å². The molecular weight excluding hydrogens is 236 g/mol. The van der Waals surface area contributed by atoms with Crippen molar-refractivity contribution in [3.63, 3.8) is 0 Å². The van der Waals surface area contributed by atoms with Crippen molar-refractivity contribution in [2.45, 2.75) is 25.4 Å². The van der Waals surface area contributed by atoms with Crippen LogP contribution in [-0.2, 0) is 0 Å². The van der Waals surface area contributed by atoms with Crippen molar-refractivity contribution < 1.29 is 5.11 Å². The predicted octanol–water partition coefficient (Wildman–Crippen LogP) is 2.78. The molecule has 90 valence electrons. The number of anilines is 1. The Balaban J connectivity index is 2.06. The molecule has 1 aromatic carbocycles. The van der Waals surface area contributed by atoms with E-state index in [-0.39, 0.29) is 12.0 Å². The first-order valence-electron chi connectivity index (χ1n) is 5.83. The molecule has 2 unspecified atom stereocenters. The van der Waals surface area contributed by atoms with Crippen molar-refractivity contribution in [1.82, 2.24) is 0 Å². The molecular formula is C13H15ClN2O. The van der Waals surface area contributed by atoms with Gasteiger partial charge in [0.15, 0.2) is 0 Å². The van der Waals surface area contributed by atoms with Gasteiger partial charge in [-0.1, -0.05) is 24.1 Å². The molecule has 1 fully saturated rings. The Labute approximate surface area is 106 Å². The second kappa shape index (κ2) is 5.39. The van der Waals surface area contributed by atoms with Crippen LogP contribution in [0.15, 0.2) is 18.2 Å². The zero-order valence-corrected chi connectivity index (χ0v) is 10.2. The monoisotopic (exact) mass is 250 g/mol. The third-order valence-corrected chi connectivity index (χ3v) is 3.61. The number of halogens is 1. The second-order valence-electron chi connectivity index (χ2n) is 4.41. The number of nitriles is 1. The molecule has 0 saturated heterocycles. The molecule has 0 heterocycles. The number of aliphatic hydroxyl groups excluding tert-OH is 1. The van der Waals surface area contributed by atoms with Crippen LogP contribution in [0.2, 0.25) is 5.02 Å². The Morgan fingerprint density at radius 1 is 1.47 bits per heavy atom. The van der Waals surface area contributed by atoms with Crippen LogP contribution in [0.5, 0.6) is 0 Å². The first-order valence-corrected chi connectivity index (χ1v) is 6.20. The van der Waals surface area contributed by atoms with E-state index in [4.69, 9.17) is 16.9 Å². The molecule has 3 nitrogen and oxygen atoms in total. The summed E-state index contributed by atoms with van der Waals surface area (Å²) in [5.41, 5.74) is 1.22. The Morgan fingerprint density at radius 2 is 2.29 bits per heavy atom. The van der Waals surface area contributed by atoms with Crippen molar-refractivity contribution >= 4 is 17.3 Å². The fourth-order valence-corrected chi connectivity index (χ4v) is 2.53. The zero-order chi connectivity index (χ0) is 12.3. The molecule has 0 bridgehead atoms. The molecule has 0 aromatic heterocycles. The number of hydrogen-bond donors (Lipinski definition) is 2. The van der Waals surface area contributed by atoms with E-state index < -0.39 is 0 Å². The second-order valence-corrected chi connectivity index (χ2v) is 4.82. The van der Waals surface area contributed by atoms with Crippen molar-refractivity contribution in [2.24, 2.45) is 5.92 Å². The van der Waals surface area contributed by atoms with Gasteiger partial charge in [0.25, 0.3) is 0 Å². The number of benzene rings is 1. The number of rotatable bonds is 3. The average molecular weight is 251 g/mol. The summed E-state index contributed by atoms with van der Waals surface area (Å²) in [7, 11) is 0. The van der Waals surface area contributed by atoms with E-state index in [1.165, 1.54) is 0 Å². The minimum absolute atomic E-state index is 0.226. The minimum Gasteiger partial charge on any atom is -0.393 e. The zero-order valence-electron chi connectivity index (χ0n) is 9.49. The van der Waals surface area contributed by atoms with Gasteiger partial charge in [-0.05, 0) is 25.0 Å². The molecule has 17 heavy (non-hydrogen) atoms. The molecule has 1 aliphatic carbocycles. The van der Waals surface area contributed by atoms with Crippen LogP contribution >= 0.6 is 11.6 Å². The smallest absolute Gasteiger partial charge is 0.101 e. The molecule has 1 aromatic rings. The standard InChI is InChI=1S/C13H15ClN2O/c14-11-5-1-3-9(7-15)13(11)16-8-10-4-2-6-12(10)17/h1,3,5,10,12,16-17H,2,4,6,8H2. The lowest BCUT2D eigenvalue weighted by Gasteiger charge is -2.17. The van der Waals surface area contributed by atoms with Gasteiger partial charge in [0.1, 0.15) is 6.07 Å². The van der Waals surface area contributed by atoms with Crippen LogP contribution in [0.3, 0.4) is 0 Å². The van der Waals surface area contributed by atoms with Gasteiger partial charge in [-0.3, -0.25) is 0 Å². The normalized spacial score (nSPS) is 23.4. The number of nitrogens with one attached hydrogen (secondary N) is 1. The third-order valence-electron chi connectivity index (χ3n) is 3.29. The highest BCUT2D eigenvalue weighted by molar-refractivity contribution is 6.33. The largest absolute Gasteiger partial charge is 0.393 e. The van der Waals surface area contributed by atoms with Crippen LogP contribution in [0.1, 0.15) is 24.8 Å². The maximum atomic E-state index is 9.72. The maximum Gasteiger partial charge on any atom is 0.101 e. The summed E-state index contributed by atoms with van der Waals surface area (Å²) in [6.45, 7) is 0.666. The van der Waals surface area contributed by atoms with E-state index in [1.54, 1.807) is 18.2 Å². The van der Waals surface area contributed by atoms with Crippen LogP contribution in [0.25, 0.3) is 0 Å². The summed E-state index contributed by atoms with van der Waals surface area (Å²) in [5.74, 6) is 0.262. The summed E-state index contributed by atoms with van der Waals surface area (Å²) in [5, 5.41) is 22.5. The van der Waals surface area contributed by atoms with Crippen LogP contribution in [0, 0.1) is 17.2 Å². The van der Waals surface area contributed by atoms with Gasteiger partial charge in [0, 0.05) is 12.5 Å². The van der Waals surface area contributed by atoms with Crippen molar-refractivity contribution in [3.05, 3.63) is 28.8 Å². The van der Waals surface area contributed by atoms with Gasteiger partial charge in [-0.25, -0.2) is 0 Å². The number of aliphatic hydroxyl groups is 1. The molecule has 0 amide bonds. The minimum atomic E-state index is -0.226.